The van der Waals surface area contributed by atoms with Crippen LogP contribution in [0.4, 0.5) is 11.6 Å². The van der Waals surface area contributed by atoms with Gasteiger partial charge in [-0.25, -0.2) is 14.7 Å². The van der Waals surface area contributed by atoms with Gasteiger partial charge in [0.05, 0.1) is 36.4 Å². The molecule has 1 fully saturated rings. The summed E-state index contributed by atoms with van der Waals surface area (Å²) in [6.07, 6.45) is 6.47. The number of fused-ring (bicyclic) bond motifs is 1. The smallest absolute Gasteiger partial charge is 0.310 e. The number of carbonyl (C=O) groups is 1. The number of piperidine rings is 1. The molecule has 0 spiro atoms. The fraction of sp³-hybridized carbons (Fsp3) is 0.417. The van der Waals surface area contributed by atoms with Crippen molar-refractivity contribution in [2.45, 2.75) is 26.3 Å². The second kappa shape index (κ2) is 11.0. The van der Waals surface area contributed by atoms with Crippen molar-refractivity contribution in [1.82, 2.24) is 25.1 Å². The quantitative estimate of drug-likeness (QED) is 0.370. The lowest BCUT2D eigenvalue weighted by Gasteiger charge is -2.33. The molecule has 2 N–H and O–H groups in total. The fourth-order valence-corrected chi connectivity index (χ4v) is 4.15. The van der Waals surface area contributed by atoms with Crippen molar-refractivity contribution in [3.05, 3.63) is 42.2 Å². The van der Waals surface area contributed by atoms with Crippen molar-refractivity contribution in [1.29, 1.82) is 5.41 Å². The topological polar surface area (TPSA) is 121 Å². The second-order valence-electron chi connectivity index (χ2n) is 8.24. The van der Waals surface area contributed by atoms with Gasteiger partial charge in [-0.05, 0) is 44.5 Å². The molecule has 10 heteroatoms. The van der Waals surface area contributed by atoms with Gasteiger partial charge >= 0.3 is 5.97 Å². The molecule has 1 aliphatic heterocycles. The molecule has 10 nitrogen and oxygen atoms in total. The lowest BCUT2D eigenvalue weighted by molar-refractivity contribution is -0.148. The van der Waals surface area contributed by atoms with Gasteiger partial charge in [0.1, 0.15) is 0 Å². The Labute approximate surface area is 198 Å². The number of benzene rings is 1. The molecule has 1 unspecified atom stereocenters. The molecule has 0 amide bonds. The normalized spacial score (nSPS) is 16.6. The third-order valence-corrected chi connectivity index (χ3v) is 5.78. The Bertz CT molecular complexity index is 1190. The summed E-state index contributed by atoms with van der Waals surface area (Å²) in [6, 6.07) is 8.31. The number of esters is 1. The highest BCUT2D eigenvalue weighted by atomic mass is 16.5. The third-order valence-electron chi connectivity index (χ3n) is 5.78. The number of carbonyl (C=O) groups excluding carboxylic acids is 1. The van der Waals surface area contributed by atoms with Crippen LogP contribution in [-0.4, -0.2) is 70.9 Å². The van der Waals surface area contributed by atoms with E-state index in [0.29, 0.717) is 43.5 Å². The molecule has 0 aliphatic carbocycles. The highest BCUT2D eigenvalue weighted by Gasteiger charge is 2.27. The van der Waals surface area contributed by atoms with Gasteiger partial charge in [0, 0.05) is 37.7 Å². The Hall–Kier alpha value is -3.66. The van der Waals surface area contributed by atoms with Crippen LogP contribution in [0.5, 0.6) is 0 Å². The summed E-state index contributed by atoms with van der Waals surface area (Å²) in [5, 5.41) is 15.8. The van der Waals surface area contributed by atoms with E-state index >= 15 is 0 Å². The van der Waals surface area contributed by atoms with Crippen LogP contribution in [0.15, 0.2) is 41.7 Å². The summed E-state index contributed by atoms with van der Waals surface area (Å²) >= 11 is 0. The number of aliphatic imine (C=N–C) groups is 1. The summed E-state index contributed by atoms with van der Waals surface area (Å²) in [4.78, 5) is 27.7. The highest BCUT2D eigenvalue weighted by molar-refractivity contribution is 6.31. The molecular weight excluding hydrogens is 432 g/mol. The first-order chi connectivity index (χ1) is 16.6. The van der Waals surface area contributed by atoms with Crippen LogP contribution in [0, 0.1) is 11.3 Å². The van der Waals surface area contributed by atoms with E-state index in [1.165, 1.54) is 6.21 Å². The van der Waals surface area contributed by atoms with Crippen LogP contribution in [-0.2, 0) is 16.1 Å². The van der Waals surface area contributed by atoms with Crippen molar-refractivity contribution < 1.29 is 9.53 Å². The minimum absolute atomic E-state index is 0.0862. The Morgan fingerprint density at radius 2 is 2.26 bits per heavy atom. The molecule has 1 aliphatic rings. The van der Waals surface area contributed by atoms with E-state index in [2.05, 4.69) is 48.5 Å². The molecular formula is C24H30N8O2. The van der Waals surface area contributed by atoms with Crippen LogP contribution >= 0.6 is 0 Å². The van der Waals surface area contributed by atoms with Gasteiger partial charge in [-0.1, -0.05) is 12.1 Å². The zero-order chi connectivity index (χ0) is 23.9. The first kappa shape index (κ1) is 23.5. The zero-order valence-corrected chi connectivity index (χ0v) is 19.6. The van der Waals surface area contributed by atoms with E-state index < -0.39 is 0 Å². The summed E-state index contributed by atoms with van der Waals surface area (Å²) in [7, 11) is 1.80. The maximum absolute atomic E-state index is 12.2. The number of anilines is 1. The Morgan fingerprint density at radius 1 is 1.38 bits per heavy atom. The number of hydrogen-bond donors (Lipinski definition) is 2. The van der Waals surface area contributed by atoms with Crippen molar-refractivity contribution in [2.24, 2.45) is 10.9 Å². The monoisotopic (exact) mass is 462 g/mol. The fourth-order valence-electron chi connectivity index (χ4n) is 4.15. The summed E-state index contributed by atoms with van der Waals surface area (Å²) in [5.41, 5.74) is 3.40. The lowest BCUT2D eigenvalue weighted by Crippen LogP contribution is -2.39. The zero-order valence-electron chi connectivity index (χ0n) is 19.6. The molecule has 178 valence electrons. The van der Waals surface area contributed by atoms with Crippen molar-refractivity contribution in [2.75, 3.05) is 38.2 Å². The van der Waals surface area contributed by atoms with Crippen LogP contribution in [0.25, 0.3) is 11.0 Å². The van der Waals surface area contributed by atoms with E-state index in [1.807, 2.05) is 17.7 Å². The van der Waals surface area contributed by atoms with Crippen LogP contribution in [0.2, 0.25) is 0 Å². The first-order valence-corrected chi connectivity index (χ1v) is 11.5. The second-order valence-corrected chi connectivity index (χ2v) is 8.24. The summed E-state index contributed by atoms with van der Waals surface area (Å²) in [5.74, 6) is 0.109. The van der Waals surface area contributed by atoms with Gasteiger partial charge in [0.2, 0.25) is 0 Å². The maximum atomic E-state index is 12.2. The molecule has 34 heavy (non-hydrogen) atoms. The molecule has 0 saturated carbocycles. The molecule has 1 aromatic carbocycles. The van der Waals surface area contributed by atoms with E-state index in [1.54, 1.807) is 19.4 Å². The molecule has 3 aromatic rings. The molecule has 0 bridgehead atoms. The molecule has 3 heterocycles. The highest BCUT2D eigenvalue weighted by Crippen LogP contribution is 2.25. The SMILES string of the molecule is CCOC(=O)C1CCCN(c2cccc(Cn3ncc4cnc(N=C(C=N)CNC)nc43)c2)C1. The Kier molecular flexibility index (Phi) is 7.58. The number of aromatic nitrogens is 4. The number of rotatable bonds is 9. The van der Waals surface area contributed by atoms with Gasteiger partial charge in [0.15, 0.2) is 5.65 Å². The van der Waals surface area contributed by atoms with Crippen LogP contribution < -0.4 is 10.2 Å². The van der Waals surface area contributed by atoms with Gasteiger partial charge in [-0.3, -0.25) is 4.79 Å². The lowest BCUT2D eigenvalue weighted by atomic mass is 9.97. The predicted molar refractivity (Wildman–Crippen MR) is 132 cm³/mol. The van der Waals surface area contributed by atoms with E-state index in [9.17, 15) is 4.79 Å². The largest absolute Gasteiger partial charge is 0.466 e. The third kappa shape index (κ3) is 5.45. The summed E-state index contributed by atoms with van der Waals surface area (Å²) < 4.78 is 7.07. The Balaban J connectivity index is 1.54. The number of ether oxygens (including phenoxy) is 1. The number of nitrogens with one attached hydrogen (secondary N) is 2. The van der Waals surface area contributed by atoms with Crippen LogP contribution in [0.1, 0.15) is 25.3 Å². The molecule has 4 rings (SSSR count). The van der Waals surface area contributed by atoms with Gasteiger partial charge in [-0.15, -0.1) is 0 Å². The molecule has 2 aromatic heterocycles. The van der Waals surface area contributed by atoms with E-state index in [0.717, 1.165) is 36.0 Å². The predicted octanol–water partition coefficient (Wildman–Crippen LogP) is 2.60. The average Bonchev–Trinajstić information content (AvgIpc) is 3.26. The maximum Gasteiger partial charge on any atom is 0.310 e. The van der Waals surface area contributed by atoms with Gasteiger partial charge < -0.3 is 20.4 Å². The van der Waals surface area contributed by atoms with Crippen molar-refractivity contribution in [3.63, 3.8) is 0 Å². The minimum atomic E-state index is -0.106. The minimum Gasteiger partial charge on any atom is -0.466 e. The summed E-state index contributed by atoms with van der Waals surface area (Å²) in [6.45, 7) is 4.85. The standard InChI is InChI=1S/C24H30N8O2/c1-3-34-23(33)18-7-5-9-31(16-18)21-8-4-6-17(10-21)15-32-22-19(13-28-32)12-27-24(30-22)29-20(11-25)14-26-2/h4,6,8,10-13,18,25-26H,3,5,7,9,14-16H2,1-2H3. The molecule has 0 radical (unpaired) electrons. The van der Waals surface area contributed by atoms with E-state index in [-0.39, 0.29) is 11.9 Å². The van der Waals surface area contributed by atoms with Crippen LogP contribution in [0.3, 0.4) is 0 Å². The van der Waals surface area contributed by atoms with E-state index in [4.69, 9.17) is 10.1 Å². The van der Waals surface area contributed by atoms with Gasteiger partial charge in [-0.2, -0.15) is 10.1 Å². The molecule has 1 atom stereocenters. The molecule has 1 saturated heterocycles. The van der Waals surface area contributed by atoms with Gasteiger partial charge in [0.25, 0.3) is 5.95 Å². The number of nitrogens with zero attached hydrogens (tertiary/aromatic N) is 6. The first-order valence-electron chi connectivity index (χ1n) is 11.5. The van der Waals surface area contributed by atoms with Crippen molar-refractivity contribution in [3.8, 4) is 0 Å². The average molecular weight is 463 g/mol. The Morgan fingerprint density at radius 3 is 3.06 bits per heavy atom. The number of hydrogen-bond acceptors (Lipinski definition) is 9. The van der Waals surface area contributed by atoms with Crippen molar-refractivity contribution >= 4 is 40.6 Å².